The van der Waals surface area contributed by atoms with Crippen LogP contribution in [-0.2, 0) is 9.59 Å². The Hall–Kier alpha value is -1.36. The fourth-order valence-electron chi connectivity index (χ4n) is 7.32. The molecule has 3 aliphatic carbocycles. The highest BCUT2D eigenvalue weighted by Gasteiger charge is 2.64. The van der Waals surface area contributed by atoms with E-state index in [1.54, 1.807) is 0 Å². The van der Waals surface area contributed by atoms with Crippen LogP contribution in [-0.4, -0.2) is 28.3 Å². The van der Waals surface area contributed by atoms with E-state index < -0.39 is 17.6 Å². The molecular weight excluding hydrogens is 318 g/mol. The molecule has 0 aromatic rings. The summed E-state index contributed by atoms with van der Waals surface area (Å²) in [7, 11) is 0. The number of rotatable bonds is 1. The highest BCUT2D eigenvalue weighted by molar-refractivity contribution is 5.98. The highest BCUT2D eigenvalue weighted by Crippen LogP contribution is 2.68. The molecule has 5 heteroatoms. The molecule has 1 unspecified atom stereocenters. The highest BCUT2D eigenvalue weighted by atomic mass is 16.4. The number of amides is 1. The molecule has 138 valence electrons. The van der Waals surface area contributed by atoms with Gasteiger partial charge in [0.1, 0.15) is 6.23 Å². The van der Waals surface area contributed by atoms with Crippen LogP contribution in [0, 0.1) is 28.1 Å². The van der Waals surface area contributed by atoms with Gasteiger partial charge in [-0.3, -0.25) is 9.59 Å². The van der Waals surface area contributed by atoms with Crippen LogP contribution >= 0.6 is 0 Å². The van der Waals surface area contributed by atoms with E-state index in [0.29, 0.717) is 12.3 Å². The van der Waals surface area contributed by atoms with Crippen molar-refractivity contribution in [3.05, 3.63) is 11.1 Å². The standard InChI is InChI=1S/C20H29NO4/c1-18-8-4-9-20(3,17(24)25)13(18)7-10-19(2)12(18)6-5-11-14(19)16(23)21-15(11)22/h12-13,16,23H,4-10H2,1-3H3,(H,21,22)(H,24,25)/t12-,13-,16?,18-,19-,20+/m1/s1. The van der Waals surface area contributed by atoms with Crippen molar-refractivity contribution < 1.29 is 19.8 Å². The van der Waals surface area contributed by atoms with Crippen molar-refractivity contribution in [2.75, 3.05) is 0 Å². The Labute approximate surface area is 148 Å². The summed E-state index contributed by atoms with van der Waals surface area (Å²) >= 11 is 0. The minimum atomic E-state index is -0.870. The molecule has 4 rings (SSSR count). The summed E-state index contributed by atoms with van der Waals surface area (Å²) in [5, 5.41) is 23.1. The number of carboxylic acids is 1. The van der Waals surface area contributed by atoms with Crippen molar-refractivity contribution in [3.63, 3.8) is 0 Å². The molecule has 6 atom stereocenters. The number of aliphatic carboxylic acids is 1. The van der Waals surface area contributed by atoms with Gasteiger partial charge in [0.15, 0.2) is 0 Å². The van der Waals surface area contributed by atoms with Gasteiger partial charge >= 0.3 is 5.97 Å². The molecule has 1 aliphatic heterocycles. The van der Waals surface area contributed by atoms with Crippen LogP contribution < -0.4 is 5.32 Å². The fourth-order valence-corrected chi connectivity index (χ4v) is 7.32. The lowest BCUT2D eigenvalue weighted by Gasteiger charge is -2.63. The van der Waals surface area contributed by atoms with Gasteiger partial charge in [-0.25, -0.2) is 0 Å². The number of fused-ring (bicyclic) bond motifs is 4. The molecule has 0 aromatic carbocycles. The molecule has 1 amide bonds. The minimum absolute atomic E-state index is 0.0533. The van der Waals surface area contributed by atoms with Crippen molar-refractivity contribution >= 4 is 11.9 Å². The first-order chi connectivity index (χ1) is 11.6. The zero-order valence-electron chi connectivity index (χ0n) is 15.4. The zero-order chi connectivity index (χ0) is 18.2. The predicted molar refractivity (Wildman–Crippen MR) is 92.4 cm³/mol. The molecule has 0 radical (unpaired) electrons. The van der Waals surface area contributed by atoms with Crippen molar-refractivity contribution in [1.29, 1.82) is 0 Å². The van der Waals surface area contributed by atoms with E-state index in [-0.39, 0.29) is 22.7 Å². The van der Waals surface area contributed by atoms with Gasteiger partial charge in [0.05, 0.1) is 5.41 Å². The molecule has 25 heavy (non-hydrogen) atoms. The molecule has 0 spiro atoms. The molecule has 4 aliphatic rings. The lowest BCUT2D eigenvalue weighted by molar-refractivity contribution is -0.175. The lowest BCUT2D eigenvalue weighted by atomic mass is 9.40. The number of carboxylic acid groups (broad SMARTS) is 1. The Bertz CT molecular complexity index is 685. The summed E-state index contributed by atoms with van der Waals surface area (Å²) in [6.45, 7) is 6.41. The summed E-state index contributed by atoms with van der Waals surface area (Å²) in [4.78, 5) is 24.3. The van der Waals surface area contributed by atoms with E-state index in [1.807, 2.05) is 6.92 Å². The Balaban J connectivity index is 1.79. The molecule has 0 saturated heterocycles. The van der Waals surface area contributed by atoms with E-state index in [4.69, 9.17) is 0 Å². The Kier molecular flexibility index (Phi) is 3.48. The van der Waals surface area contributed by atoms with Gasteiger partial charge in [-0.15, -0.1) is 0 Å². The molecule has 3 N–H and O–H groups in total. The lowest BCUT2D eigenvalue weighted by Crippen LogP contribution is -2.59. The van der Waals surface area contributed by atoms with Gasteiger partial charge in [0, 0.05) is 5.57 Å². The molecule has 0 aromatic heterocycles. The number of aliphatic hydroxyl groups is 1. The summed E-state index contributed by atoms with van der Waals surface area (Å²) in [5.74, 6) is -0.304. The first-order valence-corrected chi connectivity index (χ1v) is 9.60. The number of aliphatic hydroxyl groups excluding tert-OH is 1. The second-order valence-corrected chi connectivity index (χ2v) is 9.45. The van der Waals surface area contributed by atoms with Gasteiger partial charge in [-0.2, -0.15) is 0 Å². The van der Waals surface area contributed by atoms with Crippen LogP contribution in [0.5, 0.6) is 0 Å². The first kappa shape index (κ1) is 17.1. The molecule has 1 heterocycles. The largest absolute Gasteiger partial charge is 0.481 e. The topological polar surface area (TPSA) is 86.6 Å². The zero-order valence-corrected chi connectivity index (χ0v) is 15.4. The van der Waals surface area contributed by atoms with Gasteiger partial charge in [-0.1, -0.05) is 20.3 Å². The van der Waals surface area contributed by atoms with Crippen LogP contribution in [0.25, 0.3) is 0 Å². The van der Waals surface area contributed by atoms with Crippen LogP contribution in [0.15, 0.2) is 11.1 Å². The smallest absolute Gasteiger partial charge is 0.309 e. The van der Waals surface area contributed by atoms with Crippen molar-refractivity contribution in [1.82, 2.24) is 5.32 Å². The molecular formula is C20H29NO4. The van der Waals surface area contributed by atoms with Crippen molar-refractivity contribution in [2.24, 2.45) is 28.1 Å². The van der Waals surface area contributed by atoms with Crippen LogP contribution in [0.3, 0.4) is 0 Å². The summed E-state index contributed by atoms with van der Waals surface area (Å²) in [6, 6.07) is 0. The third kappa shape index (κ3) is 1.99. The third-order valence-corrected chi connectivity index (χ3v) is 8.42. The van der Waals surface area contributed by atoms with E-state index >= 15 is 0 Å². The number of carbonyl (C=O) groups is 2. The Morgan fingerprint density at radius 1 is 1.12 bits per heavy atom. The molecule has 0 bridgehead atoms. The SMILES string of the molecule is C[C@]12CCC[C@](C)(C(=O)O)[C@@H]1CC[C@@]1(C)C3=C(CC[C@H]21)C(=O)NC3O. The van der Waals surface area contributed by atoms with E-state index in [0.717, 1.165) is 49.7 Å². The number of nitrogens with one attached hydrogen (secondary N) is 1. The molecule has 5 nitrogen and oxygen atoms in total. The minimum Gasteiger partial charge on any atom is -0.481 e. The van der Waals surface area contributed by atoms with Crippen molar-refractivity contribution in [2.45, 2.75) is 71.9 Å². The summed E-state index contributed by atoms with van der Waals surface area (Å²) in [6.07, 6.45) is 5.18. The first-order valence-electron chi connectivity index (χ1n) is 9.60. The van der Waals surface area contributed by atoms with E-state index in [1.165, 1.54) is 0 Å². The third-order valence-electron chi connectivity index (χ3n) is 8.42. The quantitative estimate of drug-likeness (QED) is 0.681. The van der Waals surface area contributed by atoms with Crippen LogP contribution in [0.4, 0.5) is 0 Å². The normalized spacial score (nSPS) is 49.1. The maximum absolute atomic E-state index is 12.2. The summed E-state index contributed by atoms with van der Waals surface area (Å²) in [5.41, 5.74) is 0.753. The van der Waals surface area contributed by atoms with Gasteiger partial charge in [0.2, 0.25) is 5.91 Å². The van der Waals surface area contributed by atoms with Crippen LogP contribution in [0.2, 0.25) is 0 Å². The van der Waals surface area contributed by atoms with Gasteiger partial charge in [0.25, 0.3) is 0 Å². The fraction of sp³-hybridized carbons (Fsp3) is 0.800. The summed E-state index contributed by atoms with van der Waals surface area (Å²) < 4.78 is 0. The maximum atomic E-state index is 12.2. The average molecular weight is 347 g/mol. The predicted octanol–water partition coefficient (Wildman–Crippen LogP) is 2.84. The second kappa shape index (κ2) is 5.09. The molecule has 2 fully saturated rings. The second-order valence-electron chi connectivity index (χ2n) is 9.45. The van der Waals surface area contributed by atoms with Crippen LogP contribution in [0.1, 0.15) is 65.7 Å². The Morgan fingerprint density at radius 2 is 1.84 bits per heavy atom. The van der Waals surface area contributed by atoms with Gasteiger partial charge in [-0.05, 0) is 73.7 Å². The average Bonchev–Trinajstić information content (AvgIpc) is 2.82. The van der Waals surface area contributed by atoms with Crippen molar-refractivity contribution in [3.8, 4) is 0 Å². The monoisotopic (exact) mass is 347 g/mol. The molecule has 2 saturated carbocycles. The van der Waals surface area contributed by atoms with Gasteiger partial charge < -0.3 is 15.5 Å². The Morgan fingerprint density at radius 3 is 2.52 bits per heavy atom. The number of carbonyl (C=O) groups excluding carboxylic acids is 1. The number of hydrogen-bond donors (Lipinski definition) is 3. The number of hydrogen-bond acceptors (Lipinski definition) is 3. The van der Waals surface area contributed by atoms with E-state index in [9.17, 15) is 19.8 Å². The maximum Gasteiger partial charge on any atom is 0.309 e. The van der Waals surface area contributed by atoms with E-state index in [2.05, 4.69) is 19.2 Å².